The van der Waals surface area contributed by atoms with Crippen LogP contribution < -0.4 is 5.32 Å². The summed E-state index contributed by atoms with van der Waals surface area (Å²) in [5.41, 5.74) is 0. The molecule has 0 aromatic carbocycles. The van der Waals surface area contributed by atoms with Crippen LogP contribution in [0.1, 0.15) is 38.5 Å². The van der Waals surface area contributed by atoms with Gasteiger partial charge in [-0.25, -0.2) is 0 Å². The maximum absolute atomic E-state index is 12.3. The van der Waals surface area contributed by atoms with E-state index in [0.717, 1.165) is 19.5 Å². The van der Waals surface area contributed by atoms with Crippen LogP contribution in [-0.2, 0) is 4.79 Å². The summed E-state index contributed by atoms with van der Waals surface area (Å²) in [6.45, 7) is 3.09. The molecule has 4 heteroatoms. The first kappa shape index (κ1) is 12.4. The average Bonchev–Trinajstić information content (AvgIpc) is 3.12. The van der Waals surface area contributed by atoms with Gasteiger partial charge in [-0.2, -0.15) is 0 Å². The number of nitrogens with one attached hydrogen (secondary N) is 1. The highest BCUT2D eigenvalue weighted by molar-refractivity contribution is 5.84. The summed E-state index contributed by atoms with van der Waals surface area (Å²) >= 11 is 0. The number of amides is 1. The Morgan fingerprint density at radius 3 is 2.72 bits per heavy atom. The van der Waals surface area contributed by atoms with Crippen molar-refractivity contribution in [3.05, 3.63) is 0 Å². The fraction of sp³-hybridized carbons (Fsp3) is 0.929. The molecule has 3 rings (SSSR count). The van der Waals surface area contributed by atoms with Crippen LogP contribution in [0, 0.1) is 0 Å². The highest BCUT2D eigenvalue weighted by Gasteiger charge is 2.36. The standard InChI is InChI=1S/C14H25N3O/c1-16-8-3-2-4-12(16)10-17-9-7-13(14(17)18)15-11-5-6-11/h11-13,15H,2-10H2,1H3. The van der Waals surface area contributed by atoms with Gasteiger partial charge in [-0.3, -0.25) is 4.79 Å². The molecular weight excluding hydrogens is 226 g/mol. The minimum absolute atomic E-state index is 0.117. The molecule has 0 spiro atoms. The lowest BCUT2D eigenvalue weighted by Crippen LogP contribution is -2.47. The lowest BCUT2D eigenvalue weighted by Gasteiger charge is -2.35. The molecule has 2 atom stereocenters. The van der Waals surface area contributed by atoms with E-state index in [1.807, 2.05) is 0 Å². The summed E-state index contributed by atoms with van der Waals surface area (Å²) < 4.78 is 0. The van der Waals surface area contributed by atoms with Crippen LogP contribution in [0.3, 0.4) is 0 Å². The molecule has 2 aliphatic heterocycles. The number of rotatable bonds is 4. The predicted octanol–water partition coefficient (Wildman–Crippen LogP) is 0.824. The van der Waals surface area contributed by atoms with E-state index in [0.29, 0.717) is 18.0 Å². The number of carbonyl (C=O) groups is 1. The number of hydrogen-bond donors (Lipinski definition) is 1. The summed E-state index contributed by atoms with van der Waals surface area (Å²) in [5, 5.41) is 3.48. The number of carbonyl (C=O) groups excluding carboxylic acids is 1. The van der Waals surface area contributed by atoms with E-state index in [4.69, 9.17) is 0 Å². The van der Waals surface area contributed by atoms with E-state index in [1.165, 1.54) is 38.6 Å². The zero-order valence-electron chi connectivity index (χ0n) is 11.4. The molecule has 3 fully saturated rings. The van der Waals surface area contributed by atoms with Gasteiger partial charge in [-0.05, 0) is 45.7 Å². The Kier molecular flexibility index (Phi) is 3.57. The topological polar surface area (TPSA) is 35.6 Å². The highest BCUT2D eigenvalue weighted by atomic mass is 16.2. The lowest BCUT2D eigenvalue weighted by molar-refractivity contribution is -0.130. The molecule has 102 valence electrons. The van der Waals surface area contributed by atoms with Gasteiger partial charge < -0.3 is 15.1 Å². The predicted molar refractivity (Wildman–Crippen MR) is 71.4 cm³/mol. The summed E-state index contributed by atoms with van der Waals surface area (Å²) in [6.07, 6.45) is 7.41. The van der Waals surface area contributed by atoms with Gasteiger partial charge in [0.1, 0.15) is 0 Å². The van der Waals surface area contributed by atoms with Crippen LogP contribution in [0.5, 0.6) is 0 Å². The van der Waals surface area contributed by atoms with Crippen molar-refractivity contribution in [3.63, 3.8) is 0 Å². The number of likely N-dealkylation sites (N-methyl/N-ethyl adjacent to an activating group) is 1. The number of piperidine rings is 1. The van der Waals surface area contributed by atoms with Crippen LogP contribution in [0.25, 0.3) is 0 Å². The van der Waals surface area contributed by atoms with Crippen molar-refractivity contribution in [2.24, 2.45) is 0 Å². The molecule has 3 aliphatic rings. The maximum Gasteiger partial charge on any atom is 0.239 e. The van der Waals surface area contributed by atoms with Crippen LogP contribution in [-0.4, -0.2) is 60.5 Å². The third-order valence-electron chi connectivity index (χ3n) is 4.66. The Morgan fingerprint density at radius 1 is 1.17 bits per heavy atom. The number of nitrogens with zero attached hydrogens (tertiary/aromatic N) is 2. The van der Waals surface area contributed by atoms with E-state index in [9.17, 15) is 4.79 Å². The molecule has 0 bridgehead atoms. The van der Waals surface area contributed by atoms with Gasteiger partial charge >= 0.3 is 0 Å². The molecule has 1 saturated carbocycles. The van der Waals surface area contributed by atoms with E-state index in [1.54, 1.807) is 0 Å². The highest BCUT2D eigenvalue weighted by Crippen LogP contribution is 2.23. The Labute approximate surface area is 110 Å². The summed E-state index contributed by atoms with van der Waals surface area (Å²) in [7, 11) is 2.20. The third-order valence-corrected chi connectivity index (χ3v) is 4.66. The number of hydrogen-bond acceptors (Lipinski definition) is 3. The monoisotopic (exact) mass is 251 g/mol. The molecule has 2 unspecified atom stereocenters. The van der Waals surface area contributed by atoms with Crippen LogP contribution in [0.15, 0.2) is 0 Å². The SMILES string of the molecule is CN1CCCCC1CN1CCC(NC2CC2)C1=O. The molecule has 4 nitrogen and oxygen atoms in total. The van der Waals surface area contributed by atoms with Gasteiger partial charge in [-0.15, -0.1) is 0 Å². The quantitative estimate of drug-likeness (QED) is 0.803. The van der Waals surface area contributed by atoms with E-state index >= 15 is 0 Å². The second kappa shape index (κ2) is 5.17. The Hall–Kier alpha value is -0.610. The van der Waals surface area contributed by atoms with Crippen molar-refractivity contribution in [1.82, 2.24) is 15.1 Å². The second-order valence-electron chi connectivity index (χ2n) is 6.20. The Bertz CT molecular complexity index is 316. The molecule has 2 saturated heterocycles. The molecule has 0 aromatic heterocycles. The molecule has 0 radical (unpaired) electrons. The molecule has 2 heterocycles. The number of likely N-dealkylation sites (tertiary alicyclic amines) is 2. The maximum atomic E-state index is 12.3. The lowest BCUT2D eigenvalue weighted by atomic mass is 10.0. The molecule has 1 amide bonds. The zero-order valence-corrected chi connectivity index (χ0v) is 11.4. The summed E-state index contributed by atoms with van der Waals surface area (Å²) in [5.74, 6) is 0.348. The molecule has 1 N–H and O–H groups in total. The molecule has 18 heavy (non-hydrogen) atoms. The van der Waals surface area contributed by atoms with Crippen molar-refractivity contribution < 1.29 is 4.79 Å². The van der Waals surface area contributed by atoms with E-state index in [2.05, 4.69) is 22.2 Å². The normalized spacial score (nSPS) is 34.3. The minimum atomic E-state index is 0.117. The smallest absolute Gasteiger partial charge is 0.239 e. The minimum Gasteiger partial charge on any atom is -0.340 e. The molecular formula is C14H25N3O. The summed E-state index contributed by atoms with van der Waals surface area (Å²) in [4.78, 5) is 16.8. The van der Waals surface area contributed by atoms with Gasteiger partial charge in [0.2, 0.25) is 5.91 Å². The van der Waals surface area contributed by atoms with Gasteiger partial charge in [0.15, 0.2) is 0 Å². The first-order valence-electron chi connectivity index (χ1n) is 7.49. The van der Waals surface area contributed by atoms with Crippen molar-refractivity contribution in [3.8, 4) is 0 Å². The summed E-state index contributed by atoms with van der Waals surface area (Å²) in [6, 6.07) is 1.34. The average molecular weight is 251 g/mol. The van der Waals surface area contributed by atoms with Crippen LogP contribution in [0.2, 0.25) is 0 Å². The molecule has 1 aliphatic carbocycles. The Balaban J connectivity index is 1.51. The van der Waals surface area contributed by atoms with Crippen molar-refractivity contribution >= 4 is 5.91 Å². The van der Waals surface area contributed by atoms with Crippen molar-refractivity contribution in [2.45, 2.75) is 56.7 Å². The fourth-order valence-electron chi connectivity index (χ4n) is 3.24. The van der Waals surface area contributed by atoms with Crippen LogP contribution in [0.4, 0.5) is 0 Å². The van der Waals surface area contributed by atoms with Crippen molar-refractivity contribution in [1.29, 1.82) is 0 Å². The third kappa shape index (κ3) is 2.69. The van der Waals surface area contributed by atoms with E-state index in [-0.39, 0.29) is 6.04 Å². The Morgan fingerprint density at radius 2 is 2.00 bits per heavy atom. The van der Waals surface area contributed by atoms with Gasteiger partial charge in [0.25, 0.3) is 0 Å². The molecule has 0 aromatic rings. The van der Waals surface area contributed by atoms with Gasteiger partial charge in [0, 0.05) is 25.2 Å². The largest absolute Gasteiger partial charge is 0.340 e. The van der Waals surface area contributed by atoms with Crippen LogP contribution >= 0.6 is 0 Å². The van der Waals surface area contributed by atoms with Gasteiger partial charge in [-0.1, -0.05) is 6.42 Å². The van der Waals surface area contributed by atoms with E-state index < -0.39 is 0 Å². The zero-order chi connectivity index (χ0) is 12.5. The first-order chi connectivity index (χ1) is 8.74. The van der Waals surface area contributed by atoms with Crippen molar-refractivity contribution in [2.75, 3.05) is 26.7 Å². The fourth-order valence-corrected chi connectivity index (χ4v) is 3.24. The first-order valence-corrected chi connectivity index (χ1v) is 7.49. The van der Waals surface area contributed by atoms with Gasteiger partial charge in [0.05, 0.1) is 6.04 Å². The second-order valence-corrected chi connectivity index (χ2v) is 6.20.